The Labute approximate surface area is 187 Å². The molecule has 1 aliphatic rings. The summed E-state index contributed by atoms with van der Waals surface area (Å²) in [5.41, 5.74) is 5.42. The topological polar surface area (TPSA) is 68.8 Å². The number of imidazole rings is 1. The van der Waals surface area contributed by atoms with E-state index in [-0.39, 0.29) is 5.91 Å². The number of benzene rings is 2. The van der Waals surface area contributed by atoms with Gasteiger partial charge in [-0.25, -0.2) is 9.67 Å². The van der Waals surface area contributed by atoms with Crippen LogP contribution in [0.25, 0.3) is 11.0 Å². The average Bonchev–Trinajstić information content (AvgIpc) is 3.41. The zero-order chi connectivity index (χ0) is 22.1. The van der Waals surface area contributed by atoms with Crippen LogP contribution in [0.1, 0.15) is 41.3 Å². The molecule has 0 radical (unpaired) electrons. The molecule has 7 nitrogen and oxygen atoms in total. The Balaban J connectivity index is 1.23. The molecule has 1 saturated heterocycles. The van der Waals surface area contributed by atoms with E-state index in [9.17, 15) is 4.79 Å². The highest BCUT2D eigenvalue weighted by atomic mass is 16.2. The second kappa shape index (κ2) is 8.57. The van der Waals surface area contributed by atoms with Crippen molar-refractivity contribution < 1.29 is 4.79 Å². The summed E-state index contributed by atoms with van der Waals surface area (Å²) >= 11 is 0. The first-order valence-electron chi connectivity index (χ1n) is 11.2. The Morgan fingerprint density at radius 2 is 1.81 bits per heavy atom. The molecule has 0 aliphatic carbocycles. The van der Waals surface area contributed by atoms with Crippen LogP contribution in [0.5, 0.6) is 0 Å². The van der Waals surface area contributed by atoms with Crippen LogP contribution >= 0.6 is 0 Å². The number of likely N-dealkylation sites (tertiary alicyclic amines) is 1. The molecule has 0 atom stereocenters. The first kappa shape index (κ1) is 20.4. The molecule has 0 saturated carbocycles. The van der Waals surface area contributed by atoms with Gasteiger partial charge in [0.2, 0.25) is 5.91 Å². The van der Waals surface area contributed by atoms with E-state index in [4.69, 9.17) is 0 Å². The van der Waals surface area contributed by atoms with E-state index < -0.39 is 0 Å². The Morgan fingerprint density at radius 3 is 2.59 bits per heavy atom. The maximum absolute atomic E-state index is 12.9. The first-order valence-corrected chi connectivity index (χ1v) is 11.2. The molecule has 0 spiro atoms. The minimum atomic E-state index is 0.214. The number of aromatic nitrogens is 5. The zero-order valence-corrected chi connectivity index (χ0v) is 18.6. The summed E-state index contributed by atoms with van der Waals surface area (Å²) in [6.45, 7) is 6.29. The Bertz CT molecular complexity index is 1230. The summed E-state index contributed by atoms with van der Waals surface area (Å²) in [7, 11) is 0. The van der Waals surface area contributed by atoms with Gasteiger partial charge in [0.1, 0.15) is 18.0 Å². The highest BCUT2D eigenvalue weighted by Crippen LogP contribution is 2.27. The number of carbonyl (C=O) groups is 1. The lowest BCUT2D eigenvalue weighted by molar-refractivity contribution is -0.131. The molecule has 7 heteroatoms. The van der Waals surface area contributed by atoms with Crippen LogP contribution in [0.4, 0.5) is 0 Å². The maximum Gasteiger partial charge on any atom is 0.226 e. The zero-order valence-electron chi connectivity index (χ0n) is 18.6. The number of hydrogen-bond donors (Lipinski definition) is 0. The number of para-hydroxylation sites is 1. The van der Waals surface area contributed by atoms with E-state index in [1.807, 2.05) is 46.2 Å². The Morgan fingerprint density at radius 1 is 1.06 bits per heavy atom. The summed E-state index contributed by atoms with van der Waals surface area (Å²) in [4.78, 5) is 19.5. The summed E-state index contributed by atoms with van der Waals surface area (Å²) in [5.74, 6) is 1.61. The average molecular weight is 429 g/mol. The standard InChI is InChI=1S/C25H28N6O/c1-18-13-19(2)15-20(14-18)16-24(32)29-10-7-21(8-11-29)25-26-9-12-30(25)17-31-23-6-4-3-5-22(23)27-28-31/h3-6,9,12-15,21H,7-8,10-11,16-17H2,1-2H3. The second-order valence-electron chi connectivity index (χ2n) is 8.80. The normalized spacial score (nSPS) is 14.9. The van der Waals surface area contributed by atoms with Crippen LogP contribution in [0.15, 0.2) is 54.9 Å². The summed E-state index contributed by atoms with van der Waals surface area (Å²) < 4.78 is 4.06. The van der Waals surface area contributed by atoms with Gasteiger partial charge in [0.05, 0.1) is 11.9 Å². The van der Waals surface area contributed by atoms with Gasteiger partial charge < -0.3 is 9.47 Å². The minimum Gasteiger partial charge on any atom is -0.342 e. The molecule has 1 aliphatic heterocycles. The third-order valence-corrected chi connectivity index (χ3v) is 6.30. The van der Waals surface area contributed by atoms with E-state index in [0.717, 1.165) is 48.4 Å². The Hall–Kier alpha value is -3.48. The molecule has 3 heterocycles. The highest BCUT2D eigenvalue weighted by molar-refractivity contribution is 5.79. The molecule has 1 amide bonds. The summed E-state index contributed by atoms with van der Waals surface area (Å²) in [6, 6.07) is 14.3. The lowest BCUT2D eigenvalue weighted by Gasteiger charge is -2.32. The van der Waals surface area contributed by atoms with Crippen LogP contribution in [-0.2, 0) is 17.9 Å². The molecular formula is C25H28N6O. The number of nitrogens with zero attached hydrogens (tertiary/aromatic N) is 6. The van der Waals surface area contributed by atoms with Crippen LogP contribution in [0.3, 0.4) is 0 Å². The van der Waals surface area contributed by atoms with Crippen molar-refractivity contribution >= 4 is 16.9 Å². The largest absolute Gasteiger partial charge is 0.342 e. The third-order valence-electron chi connectivity index (χ3n) is 6.30. The number of fused-ring (bicyclic) bond motifs is 1. The number of hydrogen-bond acceptors (Lipinski definition) is 4. The smallest absolute Gasteiger partial charge is 0.226 e. The molecule has 1 fully saturated rings. The number of rotatable bonds is 5. The molecule has 2 aromatic heterocycles. The van der Waals surface area contributed by atoms with Crippen molar-refractivity contribution in [2.75, 3.05) is 13.1 Å². The van der Waals surface area contributed by atoms with E-state index in [1.165, 1.54) is 11.1 Å². The fraction of sp³-hybridized carbons (Fsp3) is 0.360. The molecular weight excluding hydrogens is 400 g/mol. The van der Waals surface area contributed by atoms with Gasteiger partial charge in [-0.05, 0) is 44.4 Å². The van der Waals surface area contributed by atoms with Crippen LogP contribution in [0, 0.1) is 13.8 Å². The van der Waals surface area contributed by atoms with Gasteiger partial charge >= 0.3 is 0 Å². The van der Waals surface area contributed by atoms with E-state index in [2.05, 4.69) is 51.9 Å². The van der Waals surface area contributed by atoms with Gasteiger partial charge in [-0.2, -0.15) is 0 Å². The molecule has 0 unspecified atom stereocenters. The second-order valence-corrected chi connectivity index (χ2v) is 8.80. The van der Waals surface area contributed by atoms with E-state index in [0.29, 0.717) is 19.0 Å². The number of piperidine rings is 1. The van der Waals surface area contributed by atoms with Crippen molar-refractivity contribution in [2.45, 2.75) is 45.7 Å². The molecule has 0 bridgehead atoms. The monoisotopic (exact) mass is 428 g/mol. The first-order chi connectivity index (χ1) is 15.6. The number of aryl methyl sites for hydroxylation is 2. The molecule has 2 aromatic carbocycles. The predicted molar refractivity (Wildman–Crippen MR) is 123 cm³/mol. The molecule has 4 aromatic rings. The van der Waals surface area contributed by atoms with Gasteiger partial charge in [0.15, 0.2) is 0 Å². The van der Waals surface area contributed by atoms with Gasteiger partial charge in [0, 0.05) is 31.4 Å². The van der Waals surface area contributed by atoms with Crippen molar-refractivity contribution in [3.63, 3.8) is 0 Å². The van der Waals surface area contributed by atoms with Gasteiger partial charge in [-0.3, -0.25) is 4.79 Å². The van der Waals surface area contributed by atoms with Crippen LogP contribution in [-0.4, -0.2) is 48.4 Å². The Kier molecular flexibility index (Phi) is 5.47. The number of carbonyl (C=O) groups excluding carboxylic acids is 1. The van der Waals surface area contributed by atoms with Crippen molar-refractivity contribution in [3.8, 4) is 0 Å². The minimum absolute atomic E-state index is 0.214. The molecule has 5 rings (SSSR count). The lowest BCUT2D eigenvalue weighted by Crippen LogP contribution is -2.39. The van der Waals surface area contributed by atoms with Gasteiger partial charge in [-0.15, -0.1) is 5.10 Å². The van der Waals surface area contributed by atoms with Crippen molar-refractivity contribution in [3.05, 3.63) is 77.4 Å². The quantitative estimate of drug-likeness (QED) is 0.486. The lowest BCUT2D eigenvalue weighted by atomic mass is 9.95. The summed E-state index contributed by atoms with van der Waals surface area (Å²) in [5, 5.41) is 8.56. The van der Waals surface area contributed by atoms with E-state index in [1.54, 1.807) is 0 Å². The van der Waals surface area contributed by atoms with Crippen molar-refractivity contribution in [1.29, 1.82) is 0 Å². The molecule has 32 heavy (non-hydrogen) atoms. The fourth-order valence-corrected chi connectivity index (χ4v) is 4.81. The predicted octanol–water partition coefficient (Wildman–Crippen LogP) is 3.70. The third kappa shape index (κ3) is 4.15. The van der Waals surface area contributed by atoms with Crippen LogP contribution < -0.4 is 0 Å². The van der Waals surface area contributed by atoms with Crippen molar-refractivity contribution in [1.82, 2.24) is 29.4 Å². The van der Waals surface area contributed by atoms with E-state index >= 15 is 0 Å². The number of amides is 1. The van der Waals surface area contributed by atoms with Gasteiger partial charge in [0.25, 0.3) is 0 Å². The highest BCUT2D eigenvalue weighted by Gasteiger charge is 2.26. The molecule has 0 N–H and O–H groups in total. The summed E-state index contributed by atoms with van der Waals surface area (Å²) in [6.07, 6.45) is 6.18. The van der Waals surface area contributed by atoms with Crippen molar-refractivity contribution in [2.24, 2.45) is 0 Å². The van der Waals surface area contributed by atoms with Gasteiger partial charge in [-0.1, -0.05) is 46.7 Å². The SMILES string of the molecule is Cc1cc(C)cc(CC(=O)N2CCC(c3nccn3Cn3nnc4ccccc43)CC2)c1. The van der Waals surface area contributed by atoms with Crippen LogP contribution in [0.2, 0.25) is 0 Å². The maximum atomic E-state index is 12.9. The molecule has 164 valence electrons. The fourth-order valence-electron chi connectivity index (χ4n) is 4.81.